The average Bonchev–Trinajstić information content (AvgIpc) is 2.45. The summed E-state index contributed by atoms with van der Waals surface area (Å²) in [5.41, 5.74) is 0.416. The number of rotatable bonds is 2. The second kappa shape index (κ2) is 4.85. The van der Waals surface area contributed by atoms with Crippen molar-refractivity contribution in [2.75, 3.05) is 6.54 Å². The van der Waals surface area contributed by atoms with E-state index in [1.54, 1.807) is 6.07 Å². The van der Waals surface area contributed by atoms with Gasteiger partial charge in [0.05, 0.1) is 0 Å². The number of hydrogen-bond acceptors (Lipinski definition) is 1. The number of benzene rings is 3. The summed E-state index contributed by atoms with van der Waals surface area (Å²) in [5.74, 6) is -0.325. The molecule has 3 rings (SSSR count). The average molecular weight is 264 g/mol. The Bertz CT molecular complexity index is 809. The van der Waals surface area contributed by atoms with Crippen LogP contribution in [0.5, 0.6) is 5.75 Å². The first-order valence-corrected chi connectivity index (χ1v) is 6.61. The number of fused-ring (bicyclic) bond motifs is 2. The highest BCUT2D eigenvalue weighted by Gasteiger charge is 2.11. The normalized spacial score (nSPS) is 10.8. The maximum absolute atomic E-state index is 12.2. The van der Waals surface area contributed by atoms with Gasteiger partial charge in [-0.3, -0.25) is 9.90 Å². The van der Waals surface area contributed by atoms with Gasteiger partial charge in [0.15, 0.2) is 5.75 Å². The maximum Gasteiger partial charge on any atom is 0.251 e. The van der Waals surface area contributed by atoms with E-state index in [4.69, 9.17) is 0 Å². The van der Waals surface area contributed by atoms with Crippen molar-refractivity contribution in [2.24, 2.45) is 0 Å². The van der Waals surface area contributed by atoms with Gasteiger partial charge in [0, 0.05) is 17.5 Å². The zero-order valence-corrected chi connectivity index (χ0v) is 11.1. The van der Waals surface area contributed by atoms with Crippen molar-refractivity contribution in [3.8, 4) is 5.75 Å². The minimum atomic E-state index is -0.209. The molecule has 1 radical (unpaired) electrons. The van der Waals surface area contributed by atoms with E-state index in [2.05, 4.69) is 5.32 Å². The zero-order chi connectivity index (χ0) is 14.1. The first kappa shape index (κ1) is 12.5. The molecule has 3 heteroatoms. The highest BCUT2D eigenvalue weighted by Crippen LogP contribution is 2.31. The van der Waals surface area contributed by atoms with Gasteiger partial charge >= 0.3 is 0 Å². The molecule has 0 aliphatic carbocycles. The molecule has 0 aliphatic heterocycles. The van der Waals surface area contributed by atoms with Crippen LogP contribution in [0, 0.1) is 0 Å². The van der Waals surface area contributed by atoms with Gasteiger partial charge in [0.2, 0.25) is 0 Å². The summed E-state index contributed by atoms with van der Waals surface area (Å²) < 4.78 is 0. The number of carbonyl (C=O) groups excluding carboxylic acids is 1. The predicted octanol–water partition coefficient (Wildman–Crippen LogP) is 3.89. The lowest BCUT2D eigenvalue weighted by atomic mass is 10.0. The molecule has 0 aliphatic rings. The molecule has 0 atom stereocenters. The molecule has 0 unspecified atom stereocenters. The summed E-state index contributed by atoms with van der Waals surface area (Å²) in [6.07, 6.45) is 0. The molecule has 0 saturated carbocycles. The Kier molecular flexibility index (Phi) is 3.03. The topological polar surface area (TPSA) is 49.0 Å². The van der Waals surface area contributed by atoms with Crippen molar-refractivity contribution in [2.45, 2.75) is 6.92 Å². The largest absolute Gasteiger partial charge is 0.352 e. The Morgan fingerprint density at radius 1 is 1.00 bits per heavy atom. The standard InChI is InChI=1S/C17H14NO2/c1-2-18-17(20)14-8-13-7-11-5-3-4-6-12(11)9-15(13)16(19)10-14/h3-10H,2H2,1H3,(H,18,20). The van der Waals surface area contributed by atoms with E-state index < -0.39 is 0 Å². The van der Waals surface area contributed by atoms with Crippen molar-refractivity contribution in [3.05, 3.63) is 54.1 Å². The molecular formula is C17H14NO2. The predicted molar refractivity (Wildman–Crippen MR) is 79.6 cm³/mol. The van der Waals surface area contributed by atoms with Crippen molar-refractivity contribution in [1.29, 1.82) is 0 Å². The number of amides is 1. The van der Waals surface area contributed by atoms with E-state index in [1.165, 1.54) is 6.07 Å². The number of carbonyl (C=O) groups is 1. The van der Waals surface area contributed by atoms with Crippen LogP contribution < -0.4 is 5.32 Å². The maximum atomic E-state index is 12.2. The highest BCUT2D eigenvalue weighted by atomic mass is 16.3. The second-order valence-electron chi connectivity index (χ2n) is 4.75. The quantitative estimate of drug-likeness (QED) is 0.701. The van der Waals surface area contributed by atoms with Crippen LogP contribution in [-0.2, 0) is 5.11 Å². The van der Waals surface area contributed by atoms with Crippen molar-refractivity contribution in [1.82, 2.24) is 5.32 Å². The number of hydrogen-bond donors (Lipinski definition) is 1. The fraction of sp³-hybridized carbons (Fsp3) is 0.118. The molecule has 0 saturated heterocycles. The van der Waals surface area contributed by atoms with Crippen molar-refractivity contribution < 1.29 is 9.90 Å². The van der Waals surface area contributed by atoms with Crippen LogP contribution in [0.2, 0.25) is 0 Å². The van der Waals surface area contributed by atoms with Gasteiger partial charge < -0.3 is 5.32 Å². The third-order valence-electron chi connectivity index (χ3n) is 3.38. The van der Waals surface area contributed by atoms with Crippen LogP contribution in [0.1, 0.15) is 17.3 Å². The minimum Gasteiger partial charge on any atom is -0.352 e. The van der Waals surface area contributed by atoms with Crippen LogP contribution in [0.3, 0.4) is 0 Å². The molecule has 99 valence electrons. The SMILES string of the molecule is CCNC(=O)c1cc([O])c2cc3ccccc3cc2c1. The zero-order valence-electron chi connectivity index (χ0n) is 11.1. The van der Waals surface area contributed by atoms with Gasteiger partial charge in [0.1, 0.15) is 0 Å². The third-order valence-corrected chi connectivity index (χ3v) is 3.38. The summed E-state index contributed by atoms with van der Waals surface area (Å²) in [6.45, 7) is 2.40. The smallest absolute Gasteiger partial charge is 0.251 e. The summed E-state index contributed by atoms with van der Waals surface area (Å²) in [4.78, 5) is 11.9. The fourth-order valence-electron chi connectivity index (χ4n) is 2.41. The van der Waals surface area contributed by atoms with Crippen LogP contribution in [0.4, 0.5) is 0 Å². The summed E-state index contributed by atoms with van der Waals surface area (Å²) in [7, 11) is 0. The molecule has 0 fully saturated rings. The Morgan fingerprint density at radius 2 is 1.70 bits per heavy atom. The van der Waals surface area contributed by atoms with E-state index in [1.807, 2.05) is 43.3 Å². The molecule has 3 aromatic rings. The molecule has 20 heavy (non-hydrogen) atoms. The van der Waals surface area contributed by atoms with E-state index in [0.717, 1.165) is 16.2 Å². The Morgan fingerprint density at radius 3 is 2.40 bits per heavy atom. The second-order valence-corrected chi connectivity index (χ2v) is 4.75. The van der Waals surface area contributed by atoms with Gasteiger partial charge in [-0.25, -0.2) is 0 Å². The molecule has 1 N–H and O–H groups in total. The van der Waals surface area contributed by atoms with E-state index >= 15 is 0 Å². The van der Waals surface area contributed by atoms with Crippen molar-refractivity contribution >= 4 is 27.5 Å². The third kappa shape index (κ3) is 2.07. The molecule has 0 heterocycles. The Balaban J connectivity index is 2.24. The van der Waals surface area contributed by atoms with E-state index in [0.29, 0.717) is 17.5 Å². The molecule has 3 nitrogen and oxygen atoms in total. The summed E-state index contributed by atoms with van der Waals surface area (Å²) in [6, 6.07) is 14.9. The number of nitrogens with one attached hydrogen (secondary N) is 1. The summed E-state index contributed by atoms with van der Waals surface area (Å²) >= 11 is 0. The summed E-state index contributed by atoms with van der Waals surface area (Å²) in [5, 5.41) is 18.4. The van der Waals surface area contributed by atoms with Gasteiger partial charge in [-0.05, 0) is 47.3 Å². The lowest BCUT2D eigenvalue weighted by Crippen LogP contribution is -2.22. The monoisotopic (exact) mass is 264 g/mol. The molecule has 0 bridgehead atoms. The Labute approximate surface area is 116 Å². The first-order valence-electron chi connectivity index (χ1n) is 6.61. The van der Waals surface area contributed by atoms with Crippen LogP contribution in [-0.4, -0.2) is 12.5 Å². The van der Waals surface area contributed by atoms with Crippen molar-refractivity contribution in [3.63, 3.8) is 0 Å². The lowest BCUT2D eigenvalue weighted by molar-refractivity contribution is 0.0955. The van der Waals surface area contributed by atoms with Gasteiger partial charge in [0.25, 0.3) is 5.91 Å². The molecule has 1 amide bonds. The van der Waals surface area contributed by atoms with Crippen LogP contribution >= 0.6 is 0 Å². The van der Waals surface area contributed by atoms with E-state index in [-0.39, 0.29) is 11.7 Å². The van der Waals surface area contributed by atoms with E-state index in [9.17, 15) is 9.90 Å². The van der Waals surface area contributed by atoms with Crippen LogP contribution in [0.15, 0.2) is 48.5 Å². The minimum absolute atomic E-state index is 0.116. The highest BCUT2D eigenvalue weighted by molar-refractivity contribution is 6.05. The van der Waals surface area contributed by atoms with Gasteiger partial charge in [-0.1, -0.05) is 24.3 Å². The lowest BCUT2D eigenvalue weighted by Gasteiger charge is -2.07. The molecular weight excluding hydrogens is 250 g/mol. The molecule has 0 spiro atoms. The first-order chi connectivity index (χ1) is 9.69. The Hall–Kier alpha value is -2.55. The molecule has 0 aromatic heterocycles. The van der Waals surface area contributed by atoms with Gasteiger partial charge in [-0.2, -0.15) is 0 Å². The fourth-order valence-corrected chi connectivity index (χ4v) is 2.41. The van der Waals surface area contributed by atoms with Gasteiger partial charge in [-0.15, -0.1) is 0 Å². The van der Waals surface area contributed by atoms with Crippen LogP contribution in [0.25, 0.3) is 21.5 Å². The molecule has 3 aromatic carbocycles.